The Labute approximate surface area is 146 Å². The predicted octanol–water partition coefficient (Wildman–Crippen LogP) is 4.29. The largest absolute Gasteiger partial charge is 0.492 e. The molecule has 3 aromatic rings. The minimum absolute atomic E-state index is 0.120. The van der Waals surface area contributed by atoms with Gasteiger partial charge in [0.2, 0.25) is 0 Å². The van der Waals surface area contributed by atoms with Gasteiger partial charge in [-0.2, -0.15) is 0 Å². The van der Waals surface area contributed by atoms with Crippen LogP contribution in [0.2, 0.25) is 0 Å². The van der Waals surface area contributed by atoms with Crippen LogP contribution in [0.3, 0.4) is 0 Å². The van der Waals surface area contributed by atoms with Crippen LogP contribution in [0.25, 0.3) is 11.3 Å². The SMILES string of the molecule is O=C1CCOc2cc(OCc3ccnc(-c4ccccc4)c3)ccc21. The number of carbonyl (C=O) groups excluding carboxylic acids is 1. The molecule has 1 aliphatic heterocycles. The summed E-state index contributed by atoms with van der Waals surface area (Å²) < 4.78 is 11.4. The second-order valence-corrected chi connectivity index (χ2v) is 5.88. The van der Waals surface area contributed by atoms with Crippen LogP contribution in [0.5, 0.6) is 11.5 Å². The number of ketones is 1. The van der Waals surface area contributed by atoms with Crippen molar-refractivity contribution in [1.29, 1.82) is 0 Å². The molecule has 1 aromatic heterocycles. The van der Waals surface area contributed by atoms with Crippen LogP contribution >= 0.6 is 0 Å². The van der Waals surface area contributed by atoms with Crippen LogP contribution in [-0.2, 0) is 6.61 Å². The highest BCUT2D eigenvalue weighted by Crippen LogP contribution is 2.29. The van der Waals surface area contributed by atoms with Crippen molar-refractivity contribution in [1.82, 2.24) is 4.98 Å². The molecule has 4 heteroatoms. The number of aromatic nitrogens is 1. The van der Waals surface area contributed by atoms with E-state index in [1.54, 1.807) is 18.3 Å². The highest BCUT2D eigenvalue weighted by molar-refractivity contribution is 5.99. The molecule has 2 aromatic carbocycles. The van der Waals surface area contributed by atoms with Gasteiger partial charge in [-0.1, -0.05) is 30.3 Å². The zero-order valence-electron chi connectivity index (χ0n) is 13.6. The Morgan fingerprint density at radius 3 is 2.80 bits per heavy atom. The number of Topliss-reactive ketones (excluding diaryl/α,β-unsaturated/α-hetero) is 1. The predicted molar refractivity (Wildman–Crippen MR) is 94.9 cm³/mol. The van der Waals surface area contributed by atoms with Gasteiger partial charge in [0, 0.05) is 24.2 Å². The van der Waals surface area contributed by atoms with Crippen molar-refractivity contribution in [2.75, 3.05) is 6.61 Å². The van der Waals surface area contributed by atoms with E-state index in [2.05, 4.69) is 4.98 Å². The summed E-state index contributed by atoms with van der Waals surface area (Å²) in [6.07, 6.45) is 2.22. The number of pyridine rings is 1. The quantitative estimate of drug-likeness (QED) is 0.715. The molecule has 0 bridgehead atoms. The average molecular weight is 331 g/mol. The van der Waals surface area contributed by atoms with E-state index >= 15 is 0 Å². The van der Waals surface area contributed by atoms with Crippen LogP contribution in [0.15, 0.2) is 66.9 Å². The van der Waals surface area contributed by atoms with Gasteiger partial charge in [0.15, 0.2) is 5.78 Å². The third-order valence-electron chi connectivity index (χ3n) is 4.14. The maximum atomic E-state index is 11.8. The molecule has 0 atom stereocenters. The van der Waals surface area contributed by atoms with Crippen molar-refractivity contribution in [3.63, 3.8) is 0 Å². The van der Waals surface area contributed by atoms with E-state index in [9.17, 15) is 4.79 Å². The first-order chi connectivity index (χ1) is 12.3. The molecule has 0 spiro atoms. The summed E-state index contributed by atoms with van der Waals surface area (Å²) >= 11 is 0. The van der Waals surface area contributed by atoms with E-state index in [-0.39, 0.29) is 5.78 Å². The van der Waals surface area contributed by atoms with Crippen LogP contribution in [0.1, 0.15) is 22.3 Å². The Bertz CT molecular complexity index is 906. The fourth-order valence-corrected chi connectivity index (χ4v) is 2.83. The number of benzene rings is 2. The van der Waals surface area contributed by atoms with Crippen molar-refractivity contribution < 1.29 is 14.3 Å². The number of carbonyl (C=O) groups is 1. The topological polar surface area (TPSA) is 48.4 Å². The Morgan fingerprint density at radius 1 is 1.04 bits per heavy atom. The summed E-state index contributed by atoms with van der Waals surface area (Å²) in [5, 5.41) is 0. The highest BCUT2D eigenvalue weighted by Gasteiger charge is 2.18. The molecule has 0 N–H and O–H groups in total. The van der Waals surface area contributed by atoms with E-state index in [4.69, 9.17) is 9.47 Å². The van der Waals surface area contributed by atoms with Crippen LogP contribution in [0.4, 0.5) is 0 Å². The molecule has 4 nitrogen and oxygen atoms in total. The average Bonchev–Trinajstić information content (AvgIpc) is 2.67. The fourth-order valence-electron chi connectivity index (χ4n) is 2.83. The molecule has 0 radical (unpaired) electrons. The molecule has 0 amide bonds. The first-order valence-electron chi connectivity index (χ1n) is 8.23. The van der Waals surface area contributed by atoms with Gasteiger partial charge in [-0.05, 0) is 29.8 Å². The number of hydrogen-bond acceptors (Lipinski definition) is 4. The van der Waals surface area contributed by atoms with E-state index < -0.39 is 0 Å². The Hall–Kier alpha value is -3.14. The fraction of sp³-hybridized carbons (Fsp3) is 0.143. The van der Waals surface area contributed by atoms with Crippen molar-refractivity contribution in [2.24, 2.45) is 0 Å². The molecule has 2 heterocycles. The standard InChI is InChI=1S/C21H17NO3/c23-20-9-11-24-21-13-17(6-7-18(20)21)25-14-15-8-10-22-19(12-15)16-4-2-1-3-5-16/h1-8,10,12-13H,9,11,14H2. The van der Waals surface area contributed by atoms with Crippen molar-refractivity contribution >= 4 is 5.78 Å². The molecule has 1 aliphatic rings. The first-order valence-corrected chi connectivity index (χ1v) is 8.23. The van der Waals surface area contributed by atoms with Crippen LogP contribution in [0, 0.1) is 0 Å². The smallest absolute Gasteiger partial charge is 0.169 e. The van der Waals surface area contributed by atoms with Gasteiger partial charge >= 0.3 is 0 Å². The second kappa shape index (κ2) is 6.77. The lowest BCUT2D eigenvalue weighted by Crippen LogP contribution is -2.15. The molecule has 0 fully saturated rings. The Balaban J connectivity index is 1.49. The van der Waals surface area contributed by atoms with E-state index in [1.807, 2.05) is 48.5 Å². The number of fused-ring (bicyclic) bond motifs is 1. The molecular formula is C21H17NO3. The van der Waals surface area contributed by atoms with Crippen molar-refractivity contribution in [2.45, 2.75) is 13.0 Å². The summed E-state index contributed by atoms with van der Waals surface area (Å²) in [5.41, 5.74) is 3.66. The first kappa shape index (κ1) is 15.4. The summed E-state index contributed by atoms with van der Waals surface area (Å²) in [6, 6.07) is 19.4. The van der Waals surface area contributed by atoms with Gasteiger partial charge < -0.3 is 9.47 Å². The zero-order valence-corrected chi connectivity index (χ0v) is 13.6. The Kier molecular flexibility index (Phi) is 4.17. The summed E-state index contributed by atoms with van der Waals surface area (Å²) in [7, 11) is 0. The van der Waals surface area contributed by atoms with Gasteiger partial charge in [-0.25, -0.2) is 0 Å². The van der Waals surface area contributed by atoms with Gasteiger partial charge in [-0.15, -0.1) is 0 Å². The van der Waals surface area contributed by atoms with Gasteiger partial charge in [0.05, 0.1) is 17.9 Å². The van der Waals surface area contributed by atoms with E-state index in [0.717, 1.165) is 16.8 Å². The highest BCUT2D eigenvalue weighted by atomic mass is 16.5. The zero-order chi connectivity index (χ0) is 17.1. The maximum absolute atomic E-state index is 11.8. The van der Waals surface area contributed by atoms with Gasteiger partial charge in [-0.3, -0.25) is 9.78 Å². The minimum Gasteiger partial charge on any atom is -0.492 e. The molecule has 25 heavy (non-hydrogen) atoms. The van der Waals surface area contributed by atoms with E-state index in [1.165, 1.54) is 0 Å². The molecule has 0 unspecified atom stereocenters. The van der Waals surface area contributed by atoms with Crippen molar-refractivity contribution in [3.05, 3.63) is 78.0 Å². The third-order valence-corrected chi connectivity index (χ3v) is 4.14. The number of nitrogens with zero attached hydrogens (tertiary/aromatic N) is 1. The van der Waals surface area contributed by atoms with Gasteiger partial charge in [0.1, 0.15) is 18.1 Å². The maximum Gasteiger partial charge on any atom is 0.169 e. The summed E-state index contributed by atoms with van der Waals surface area (Å²) in [5.74, 6) is 1.41. The third kappa shape index (κ3) is 3.38. The molecule has 0 saturated heterocycles. The molecular weight excluding hydrogens is 314 g/mol. The number of hydrogen-bond donors (Lipinski definition) is 0. The second-order valence-electron chi connectivity index (χ2n) is 5.88. The van der Waals surface area contributed by atoms with Crippen LogP contribution < -0.4 is 9.47 Å². The molecule has 4 rings (SSSR count). The molecule has 0 aliphatic carbocycles. The summed E-state index contributed by atoms with van der Waals surface area (Å²) in [4.78, 5) is 16.2. The van der Waals surface area contributed by atoms with Crippen molar-refractivity contribution in [3.8, 4) is 22.8 Å². The molecule has 0 saturated carbocycles. The van der Waals surface area contributed by atoms with E-state index in [0.29, 0.717) is 36.7 Å². The lowest BCUT2D eigenvalue weighted by Gasteiger charge is -2.17. The van der Waals surface area contributed by atoms with Gasteiger partial charge in [0.25, 0.3) is 0 Å². The monoisotopic (exact) mass is 331 g/mol. The Morgan fingerprint density at radius 2 is 1.92 bits per heavy atom. The number of ether oxygens (including phenoxy) is 2. The normalized spacial score (nSPS) is 13.0. The lowest BCUT2D eigenvalue weighted by atomic mass is 10.1. The number of rotatable bonds is 4. The minimum atomic E-state index is 0.120. The van der Waals surface area contributed by atoms with Crippen LogP contribution in [-0.4, -0.2) is 17.4 Å². The summed E-state index contributed by atoms with van der Waals surface area (Å²) in [6.45, 7) is 0.856. The lowest BCUT2D eigenvalue weighted by molar-refractivity contribution is 0.0933. The molecule has 124 valence electrons.